The molecule has 0 N–H and O–H groups in total. The van der Waals surface area contributed by atoms with Crippen molar-refractivity contribution in [3.05, 3.63) is 73.0 Å². The number of aldehydes is 1. The minimum absolute atomic E-state index is 0.197. The second-order valence-corrected chi connectivity index (χ2v) is 5.21. The number of imidazole rings is 1. The number of rotatable bonds is 5. The van der Waals surface area contributed by atoms with Crippen LogP contribution in [0, 0.1) is 0 Å². The van der Waals surface area contributed by atoms with Crippen molar-refractivity contribution in [2.75, 3.05) is 6.61 Å². The number of nitrogens with zero attached hydrogens (tertiary/aromatic N) is 3. The Bertz CT molecular complexity index is 805. The molecule has 1 aromatic carbocycles. The molecule has 6 heteroatoms. The fraction of sp³-hybridized carbons (Fsp3) is 0.158. The molecular weight excluding hydrogens is 318 g/mol. The predicted molar refractivity (Wildman–Crippen MR) is 95.1 cm³/mol. The number of hydrogen-bond acceptors (Lipinski definition) is 5. The van der Waals surface area contributed by atoms with Gasteiger partial charge in [0.05, 0.1) is 12.1 Å². The van der Waals surface area contributed by atoms with Crippen molar-refractivity contribution in [2.45, 2.75) is 13.5 Å². The van der Waals surface area contributed by atoms with E-state index >= 15 is 0 Å². The Balaban J connectivity index is 0.000000194. The first-order chi connectivity index (χ1) is 12.1. The van der Waals surface area contributed by atoms with Crippen molar-refractivity contribution in [3.8, 4) is 0 Å². The molecule has 0 fully saturated rings. The zero-order valence-electron chi connectivity index (χ0n) is 14.0. The molecule has 0 bridgehead atoms. The molecule has 2 heterocycles. The van der Waals surface area contributed by atoms with Gasteiger partial charge in [-0.2, -0.15) is 0 Å². The molecular formula is C19H19N3O3. The van der Waals surface area contributed by atoms with Gasteiger partial charge in [-0.1, -0.05) is 30.8 Å². The summed E-state index contributed by atoms with van der Waals surface area (Å²) in [6.45, 7) is 5.64. The summed E-state index contributed by atoms with van der Waals surface area (Å²) in [4.78, 5) is 29.5. The van der Waals surface area contributed by atoms with Gasteiger partial charge in [0.25, 0.3) is 0 Å². The van der Waals surface area contributed by atoms with Crippen LogP contribution in [0.2, 0.25) is 0 Å². The van der Waals surface area contributed by atoms with E-state index in [0.29, 0.717) is 24.2 Å². The smallest absolute Gasteiger partial charge is 0.333 e. The maximum atomic E-state index is 11.0. The second-order valence-electron chi connectivity index (χ2n) is 5.21. The van der Waals surface area contributed by atoms with E-state index in [-0.39, 0.29) is 6.61 Å². The lowest BCUT2D eigenvalue weighted by molar-refractivity contribution is -0.139. The van der Waals surface area contributed by atoms with Crippen LogP contribution >= 0.6 is 0 Å². The van der Waals surface area contributed by atoms with Crippen LogP contribution in [-0.4, -0.2) is 33.4 Å². The Kier molecular flexibility index (Phi) is 6.59. The fourth-order valence-electron chi connectivity index (χ4n) is 2.00. The minimum Gasteiger partial charge on any atom is -0.460 e. The van der Waals surface area contributed by atoms with E-state index in [0.717, 1.165) is 5.52 Å². The van der Waals surface area contributed by atoms with E-state index in [1.54, 1.807) is 17.7 Å². The number of esters is 1. The number of ether oxygens (including phenoxy) is 1. The summed E-state index contributed by atoms with van der Waals surface area (Å²) in [6, 6.07) is 12.1. The summed E-state index contributed by atoms with van der Waals surface area (Å²) >= 11 is 0. The summed E-state index contributed by atoms with van der Waals surface area (Å²) in [6.07, 6.45) is 5.63. The first-order valence-electron chi connectivity index (χ1n) is 7.70. The normalized spacial score (nSPS) is 9.80. The average molecular weight is 337 g/mol. The lowest BCUT2D eigenvalue weighted by Gasteiger charge is -2.05. The van der Waals surface area contributed by atoms with Gasteiger partial charge in [0.1, 0.15) is 6.61 Å². The molecule has 2 aromatic heterocycles. The Morgan fingerprint density at radius 1 is 1.20 bits per heavy atom. The van der Waals surface area contributed by atoms with Crippen LogP contribution in [-0.2, 0) is 16.1 Å². The molecule has 0 amide bonds. The maximum Gasteiger partial charge on any atom is 0.333 e. The van der Waals surface area contributed by atoms with Gasteiger partial charge >= 0.3 is 5.97 Å². The third-order valence-electron chi connectivity index (χ3n) is 3.28. The third-order valence-corrected chi connectivity index (χ3v) is 3.28. The van der Waals surface area contributed by atoms with Gasteiger partial charge in [-0.3, -0.25) is 9.78 Å². The molecule has 0 aliphatic carbocycles. The summed E-state index contributed by atoms with van der Waals surface area (Å²) in [5, 5.41) is 1.20. The average Bonchev–Trinajstić information content (AvgIpc) is 3.09. The zero-order chi connectivity index (χ0) is 18.1. The van der Waals surface area contributed by atoms with Crippen molar-refractivity contribution < 1.29 is 14.3 Å². The van der Waals surface area contributed by atoms with Gasteiger partial charge in [0.15, 0.2) is 12.1 Å². The highest BCUT2D eigenvalue weighted by atomic mass is 16.5. The molecule has 0 aliphatic rings. The van der Waals surface area contributed by atoms with Crippen LogP contribution in [0.4, 0.5) is 0 Å². The summed E-state index contributed by atoms with van der Waals surface area (Å²) in [5.41, 5.74) is 1.42. The number of para-hydroxylation sites is 1. The van der Waals surface area contributed by atoms with Gasteiger partial charge < -0.3 is 9.30 Å². The molecule has 0 aliphatic heterocycles. The van der Waals surface area contributed by atoms with Crippen molar-refractivity contribution in [2.24, 2.45) is 0 Å². The molecule has 0 unspecified atom stereocenters. The predicted octanol–water partition coefficient (Wildman–Crippen LogP) is 3.05. The van der Waals surface area contributed by atoms with E-state index in [4.69, 9.17) is 4.74 Å². The topological polar surface area (TPSA) is 74.1 Å². The SMILES string of the molecule is C=C(C)C(=O)OCCn1ccnc1C=O.c1ccc2ncccc2c1. The molecule has 0 saturated heterocycles. The van der Waals surface area contributed by atoms with Crippen LogP contribution in [0.15, 0.2) is 67.1 Å². The molecule has 3 rings (SSSR count). The van der Waals surface area contributed by atoms with E-state index in [1.807, 2.05) is 30.5 Å². The van der Waals surface area contributed by atoms with E-state index in [2.05, 4.69) is 28.7 Å². The number of pyridine rings is 1. The van der Waals surface area contributed by atoms with E-state index in [9.17, 15) is 9.59 Å². The second kappa shape index (κ2) is 9.12. The van der Waals surface area contributed by atoms with Crippen LogP contribution in [0.25, 0.3) is 10.9 Å². The third kappa shape index (κ3) is 5.39. The lowest BCUT2D eigenvalue weighted by atomic mass is 10.2. The van der Waals surface area contributed by atoms with Crippen molar-refractivity contribution in [1.29, 1.82) is 0 Å². The highest BCUT2D eigenvalue weighted by Crippen LogP contribution is 2.07. The van der Waals surface area contributed by atoms with Crippen molar-refractivity contribution >= 4 is 23.2 Å². The van der Waals surface area contributed by atoms with Gasteiger partial charge in [-0.15, -0.1) is 0 Å². The molecule has 0 saturated carbocycles. The lowest BCUT2D eigenvalue weighted by Crippen LogP contribution is -2.12. The van der Waals surface area contributed by atoms with Crippen molar-refractivity contribution in [3.63, 3.8) is 0 Å². The highest BCUT2D eigenvalue weighted by molar-refractivity contribution is 5.86. The van der Waals surface area contributed by atoms with Crippen LogP contribution in [0.3, 0.4) is 0 Å². The molecule has 0 radical (unpaired) electrons. The molecule has 128 valence electrons. The Labute approximate surface area is 145 Å². The monoisotopic (exact) mass is 337 g/mol. The maximum absolute atomic E-state index is 11.0. The molecule has 6 nitrogen and oxygen atoms in total. The highest BCUT2D eigenvalue weighted by Gasteiger charge is 2.04. The van der Waals surface area contributed by atoms with Gasteiger partial charge in [0.2, 0.25) is 0 Å². The minimum atomic E-state index is -0.428. The molecule has 3 aromatic rings. The summed E-state index contributed by atoms with van der Waals surface area (Å²) < 4.78 is 6.48. The number of aromatic nitrogens is 3. The molecule has 25 heavy (non-hydrogen) atoms. The standard InChI is InChI=1S/C10H12N2O3.C9H7N/c1-8(2)10(14)15-6-5-12-4-3-11-9(12)7-13;1-2-6-9-8(4-1)5-3-7-10-9/h3-4,7H,1,5-6H2,2H3;1-7H. The quantitative estimate of drug-likeness (QED) is 0.406. The van der Waals surface area contributed by atoms with Gasteiger partial charge in [-0.05, 0) is 19.1 Å². The number of carbonyl (C=O) groups excluding carboxylic acids is 2. The van der Waals surface area contributed by atoms with E-state index in [1.165, 1.54) is 11.6 Å². The Morgan fingerprint density at radius 2 is 1.96 bits per heavy atom. The van der Waals surface area contributed by atoms with E-state index < -0.39 is 5.97 Å². The number of benzene rings is 1. The molecule has 0 spiro atoms. The first-order valence-corrected chi connectivity index (χ1v) is 7.70. The summed E-state index contributed by atoms with van der Waals surface area (Å²) in [7, 11) is 0. The largest absolute Gasteiger partial charge is 0.460 e. The number of carbonyl (C=O) groups is 2. The van der Waals surface area contributed by atoms with Crippen LogP contribution in [0.1, 0.15) is 17.5 Å². The number of fused-ring (bicyclic) bond motifs is 1. The van der Waals surface area contributed by atoms with Crippen molar-refractivity contribution in [1.82, 2.24) is 14.5 Å². The summed E-state index contributed by atoms with van der Waals surface area (Å²) in [5.74, 6) is -0.107. The van der Waals surface area contributed by atoms with Crippen LogP contribution in [0.5, 0.6) is 0 Å². The fourth-order valence-corrected chi connectivity index (χ4v) is 2.00. The van der Waals surface area contributed by atoms with Gasteiger partial charge in [0, 0.05) is 29.5 Å². The Morgan fingerprint density at radius 3 is 2.68 bits per heavy atom. The Hall–Kier alpha value is -3.28. The van der Waals surface area contributed by atoms with Gasteiger partial charge in [-0.25, -0.2) is 9.78 Å². The number of hydrogen-bond donors (Lipinski definition) is 0. The van der Waals surface area contributed by atoms with Crippen LogP contribution < -0.4 is 0 Å². The molecule has 0 atom stereocenters. The zero-order valence-corrected chi connectivity index (χ0v) is 14.0. The first kappa shape index (κ1) is 18.1.